The zero-order chi connectivity index (χ0) is 23.3. The smallest absolute Gasteiger partial charge is 0.127 e. The van der Waals surface area contributed by atoms with Crippen molar-refractivity contribution in [2.75, 3.05) is 13.2 Å². The molecule has 0 amide bonds. The van der Waals surface area contributed by atoms with Crippen LogP contribution in [0.5, 0.6) is 5.75 Å². The summed E-state index contributed by atoms with van der Waals surface area (Å²) in [5.41, 5.74) is 0.794. The normalized spacial score (nSPS) is 13.3. The molecule has 1 aliphatic rings. The van der Waals surface area contributed by atoms with Crippen molar-refractivity contribution in [3.8, 4) is 5.75 Å². The quantitative estimate of drug-likeness (QED) is 0.309. The van der Waals surface area contributed by atoms with E-state index in [1.54, 1.807) is 0 Å². The minimum atomic E-state index is -0.301. The van der Waals surface area contributed by atoms with Crippen molar-refractivity contribution in [2.45, 2.75) is 99.0 Å². The predicted octanol–water partition coefficient (Wildman–Crippen LogP) is 9.11. The SMILES string of the molecule is C=CCC.C=Cc1ccc(OC(C)(C)COCCC)cc1.CC.CC1CCCCC1. The fourth-order valence-electron chi connectivity index (χ4n) is 2.79. The third kappa shape index (κ3) is 18.5. The van der Waals surface area contributed by atoms with E-state index in [9.17, 15) is 0 Å². The van der Waals surface area contributed by atoms with Gasteiger partial charge in [0.25, 0.3) is 0 Å². The lowest BCUT2D eigenvalue weighted by molar-refractivity contribution is -0.00300. The summed E-state index contributed by atoms with van der Waals surface area (Å²) in [7, 11) is 0. The van der Waals surface area contributed by atoms with Crippen LogP contribution in [-0.4, -0.2) is 18.8 Å². The molecule has 0 heterocycles. The summed E-state index contributed by atoms with van der Waals surface area (Å²) in [4.78, 5) is 0. The first-order chi connectivity index (χ1) is 14.4. The summed E-state index contributed by atoms with van der Waals surface area (Å²) in [6.45, 7) is 23.2. The molecule has 0 saturated heterocycles. The van der Waals surface area contributed by atoms with E-state index in [1.807, 2.05) is 64.1 Å². The molecule has 1 aromatic rings. The Kier molecular flexibility index (Phi) is 21.2. The van der Waals surface area contributed by atoms with Gasteiger partial charge in [0.15, 0.2) is 0 Å². The van der Waals surface area contributed by atoms with Crippen molar-refractivity contribution >= 4 is 6.08 Å². The van der Waals surface area contributed by atoms with E-state index in [0.717, 1.165) is 36.7 Å². The van der Waals surface area contributed by atoms with E-state index in [2.05, 4.69) is 33.9 Å². The maximum absolute atomic E-state index is 5.89. The Hall–Kier alpha value is -1.54. The van der Waals surface area contributed by atoms with Crippen LogP contribution >= 0.6 is 0 Å². The number of allylic oxidation sites excluding steroid dienone is 1. The summed E-state index contributed by atoms with van der Waals surface area (Å²) in [5, 5.41) is 0. The first-order valence-electron chi connectivity index (χ1n) is 12.0. The molecule has 0 radical (unpaired) electrons. The van der Waals surface area contributed by atoms with Gasteiger partial charge in [0, 0.05) is 6.61 Å². The van der Waals surface area contributed by atoms with Gasteiger partial charge in [0.05, 0.1) is 6.61 Å². The summed E-state index contributed by atoms with van der Waals surface area (Å²) in [6.07, 6.45) is 13.2. The van der Waals surface area contributed by atoms with E-state index >= 15 is 0 Å². The highest BCUT2D eigenvalue weighted by molar-refractivity contribution is 5.48. The summed E-state index contributed by atoms with van der Waals surface area (Å²) in [5.74, 6) is 1.90. The molecular formula is C28H50O2. The third-order valence-electron chi connectivity index (χ3n) is 4.49. The zero-order valence-electron chi connectivity index (χ0n) is 21.1. The highest BCUT2D eigenvalue weighted by Crippen LogP contribution is 2.22. The highest BCUT2D eigenvalue weighted by Gasteiger charge is 2.19. The molecule has 0 N–H and O–H groups in total. The van der Waals surface area contributed by atoms with E-state index in [0.29, 0.717) is 6.61 Å². The van der Waals surface area contributed by atoms with Gasteiger partial charge in [-0.05, 0) is 50.3 Å². The molecule has 2 heteroatoms. The van der Waals surface area contributed by atoms with E-state index in [1.165, 1.54) is 32.1 Å². The lowest BCUT2D eigenvalue weighted by atomic mass is 9.91. The third-order valence-corrected chi connectivity index (χ3v) is 4.49. The van der Waals surface area contributed by atoms with Crippen molar-refractivity contribution in [1.82, 2.24) is 0 Å². The van der Waals surface area contributed by atoms with Crippen LogP contribution in [0, 0.1) is 5.92 Å². The van der Waals surface area contributed by atoms with Crippen molar-refractivity contribution in [3.05, 3.63) is 49.1 Å². The molecule has 2 rings (SSSR count). The van der Waals surface area contributed by atoms with Gasteiger partial charge in [-0.2, -0.15) is 0 Å². The zero-order valence-corrected chi connectivity index (χ0v) is 21.1. The number of rotatable bonds is 8. The van der Waals surface area contributed by atoms with Crippen molar-refractivity contribution in [1.29, 1.82) is 0 Å². The van der Waals surface area contributed by atoms with Crippen LogP contribution in [0.3, 0.4) is 0 Å². The van der Waals surface area contributed by atoms with Gasteiger partial charge in [0.1, 0.15) is 11.4 Å². The Balaban J connectivity index is 0. The van der Waals surface area contributed by atoms with Gasteiger partial charge < -0.3 is 9.47 Å². The molecule has 0 aliphatic heterocycles. The topological polar surface area (TPSA) is 18.5 Å². The van der Waals surface area contributed by atoms with E-state index in [-0.39, 0.29) is 5.60 Å². The number of hydrogen-bond donors (Lipinski definition) is 0. The predicted molar refractivity (Wildman–Crippen MR) is 136 cm³/mol. The molecule has 2 nitrogen and oxygen atoms in total. The molecule has 1 aliphatic carbocycles. The Labute approximate surface area is 188 Å². The number of ether oxygens (including phenoxy) is 2. The van der Waals surface area contributed by atoms with Crippen LogP contribution in [0.4, 0.5) is 0 Å². The monoisotopic (exact) mass is 418 g/mol. The molecule has 30 heavy (non-hydrogen) atoms. The fourth-order valence-corrected chi connectivity index (χ4v) is 2.79. The molecule has 0 unspecified atom stereocenters. The lowest BCUT2D eigenvalue weighted by Gasteiger charge is -2.26. The van der Waals surface area contributed by atoms with Crippen LogP contribution in [0.1, 0.15) is 99.0 Å². The summed E-state index contributed by atoms with van der Waals surface area (Å²) < 4.78 is 11.4. The van der Waals surface area contributed by atoms with Crippen molar-refractivity contribution in [3.63, 3.8) is 0 Å². The maximum atomic E-state index is 5.89. The minimum absolute atomic E-state index is 0.301. The van der Waals surface area contributed by atoms with Gasteiger partial charge in [0.2, 0.25) is 0 Å². The molecule has 174 valence electrons. The maximum Gasteiger partial charge on any atom is 0.127 e. The molecule has 0 aromatic heterocycles. The Morgan fingerprint density at radius 2 is 1.53 bits per heavy atom. The fraction of sp³-hybridized carbons (Fsp3) is 0.643. The van der Waals surface area contributed by atoms with Gasteiger partial charge in [-0.25, -0.2) is 0 Å². The minimum Gasteiger partial charge on any atom is -0.485 e. The summed E-state index contributed by atoms with van der Waals surface area (Å²) >= 11 is 0. The average molecular weight is 419 g/mol. The van der Waals surface area contributed by atoms with Crippen LogP contribution < -0.4 is 4.74 Å². The van der Waals surface area contributed by atoms with Crippen LogP contribution in [0.2, 0.25) is 0 Å². The molecule has 0 spiro atoms. The van der Waals surface area contributed by atoms with Crippen molar-refractivity contribution in [2.24, 2.45) is 5.92 Å². The second kappa shape index (κ2) is 20.7. The van der Waals surface area contributed by atoms with Crippen LogP contribution in [0.15, 0.2) is 43.5 Å². The molecule has 1 saturated carbocycles. The van der Waals surface area contributed by atoms with Gasteiger partial charge in [-0.15, -0.1) is 6.58 Å². The van der Waals surface area contributed by atoms with Crippen LogP contribution in [0.25, 0.3) is 6.08 Å². The molecule has 1 fully saturated rings. The Morgan fingerprint density at radius 1 is 1.00 bits per heavy atom. The number of hydrogen-bond acceptors (Lipinski definition) is 2. The summed E-state index contributed by atoms with van der Waals surface area (Å²) in [6, 6.07) is 7.90. The van der Waals surface area contributed by atoms with Crippen molar-refractivity contribution < 1.29 is 9.47 Å². The first kappa shape index (κ1) is 30.7. The van der Waals surface area contributed by atoms with Gasteiger partial charge in [-0.1, -0.05) is 97.6 Å². The average Bonchev–Trinajstić information content (AvgIpc) is 2.77. The van der Waals surface area contributed by atoms with Crippen LogP contribution in [-0.2, 0) is 4.74 Å². The second-order valence-corrected chi connectivity index (χ2v) is 8.13. The Bertz CT molecular complexity index is 496. The molecular weight excluding hydrogens is 368 g/mol. The van der Waals surface area contributed by atoms with Gasteiger partial charge in [-0.3, -0.25) is 0 Å². The van der Waals surface area contributed by atoms with E-state index in [4.69, 9.17) is 9.47 Å². The second-order valence-electron chi connectivity index (χ2n) is 8.13. The van der Waals surface area contributed by atoms with Gasteiger partial charge >= 0.3 is 0 Å². The highest BCUT2D eigenvalue weighted by atomic mass is 16.5. The first-order valence-corrected chi connectivity index (χ1v) is 12.0. The lowest BCUT2D eigenvalue weighted by Crippen LogP contribution is -2.34. The molecule has 0 atom stereocenters. The standard InChI is InChI=1S/C15H22O2.C7H14.C4H8.C2H6/c1-5-11-16-12-15(3,4)17-14-9-7-13(6-2)8-10-14;1-7-5-3-2-4-6-7;1-3-4-2;1-2/h6-10H,2,5,11-12H2,1,3-4H3;7H,2-6H2,1H3;3H,1,4H2,2H3;1-2H3. The molecule has 0 bridgehead atoms. The molecule has 1 aromatic carbocycles. The Morgan fingerprint density at radius 3 is 1.90 bits per heavy atom. The van der Waals surface area contributed by atoms with E-state index < -0.39 is 0 Å². The largest absolute Gasteiger partial charge is 0.485 e. The number of benzene rings is 1.